The Morgan fingerprint density at radius 2 is 1.81 bits per heavy atom. The third kappa shape index (κ3) is 6.85. The van der Waals surface area contributed by atoms with E-state index in [0.29, 0.717) is 5.56 Å². The van der Waals surface area contributed by atoms with Gasteiger partial charge >= 0.3 is 12.6 Å². The number of halogens is 3. The number of hydrogen-bond donors (Lipinski definition) is 1. The molecule has 0 aromatic heterocycles. The molecule has 0 saturated carbocycles. The number of rotatable bonds is 7. The highest BCUT2D eigenvalue weighted by Crippen LogP contribution is 2.16. The van der Waals surface area contributed by atoms with Crippen molar-refractivity contribution in [2.45, 2.75) is 19.6 Å². The van der Waals surface area contributed by atoms with E-state index in [1.807, 2.05) is 0 Å². The molecule has 0 aliphatic heterocycles. The monoisotopic (exact) mass is 379 g/mol. The van der Waals surface area contributed by atoms with Crippen molar-refractivity contribution < 1.29 is 32.2 Å². The zero-order chi connectivity index (χ0) is 19.8. The third-order valence-corrected chi connectivity index (χ3v) is 3.27. The molecule has 27 heavy (non-hydrogen) atoms. The van der Waals surface area contributed by atoms with Crippen molar-refractivity contribution in [1.82, 2.24) is 0 Å². The van der Waals surface area contributed by atoms with Gasteiger partial charge in [-0.05, 0) is 48.9 Å². The summed E-state index contributed by atoms with van der Waals surface area (Å²) in [5, 5.41) is 2.43. The Bertz CT molecular complexity index is 822. The Balaban J connectivity index is 1.86. The highest BCUT2D eigenvalue weighted by atomic mass is 19.3. The summed E-state index contributed by atoms with van der Waals surface area (Å²) in [5.41, 5.74) is 0.787. The molecule has 5 nitrogen and oxygen atoms in total. The Labute approximate surface area is 153 Å². The number of ether oxygens (including phenoxy) is 2. The lowest BCUT2D eigenvalue weighted by Crippen LogP contribution is -2.29. The fourth-order valence-electron chi connectivity index (χ4n) is 2.00. The molecule has 1 amide bonds. The number of amides is 1. The molecule has 0 aliphatic rings. The number of alkyl halides is 2. The molecule has 1 N–H and O–H groups in total. The van der Waals surface area contributed by atoms with E-state index in [9.17, 15) is 22.8 Å². The summed E-state index contributed by atoms with van der Waals surface area (Å²) in [5.74, 6) is -1.90. The van der Waals surface area contributed by atoms with Crippen LogP contribution < -0.4 is 10.1 Å². The zero-order valence-electron chi connectivity index (χ0n) is 14.2. The molecule has 0 bridgehead atoms. The van der Waals surface area contributed by atoms with Crippen LogP contribution in [0, 0.1) is 5.82 Å². The number of benzene rings is 2. The molecule has 1 atom stereocenters. The molecule has 0 radical (unpaired) electrons. The summed E-state index contributed by atoms with van der Waals surface area (Å²) in [6, 6.07) is 10.9. The molecular weight excluding hydrogens is 363 g/mol. The van der Waals surface area contributed by atoms with Crippen molar-refractivity contribution in [3.63, 3.8) is 0 Å². The van der Waals surface area contributed by atoms with Crippen molar-refractivity contribution in [2.24, 2.45) is 0 Å². The Hall–Kier alpha value is -3.29. The lowest BCUT2D eigenvalue weighted by atomic mass is 10.2. The normalized spacial score (nSPS) is 12.0. The van der Waals surface area contributed by atoms with Crippen molar-refractivity contribution in [3.8, 4) is 5.75 Å². The van der Waals surface area contributed by atoms with Crippen LogP contribution >= 0.6 is 0 Å². The van der Waals surface area contributed by atoms with Gasteiger partial charge in [-0.25, -0.2) is 9.18 Å². The summed E-state index contributed by atoms with van der Waals surface area (Å²) in [4.78, 5) is 23.7. The Morgan fingerprint density at radius 3 is 2.44 bits per heavy atom. The predicted octanol–water partition coefficient (Wildman–Crippen LogP) is 4.01. The highest BCUT2D eigenvalue weighted by Gasteiger charge is 2.16. The number of hydrogen-bond acceptors (Lipinski definition) is 4. The van der Waals surface area contributed by atoms with Gasteiger partial charge in [0.1, 0.15) is 11.6 Å². The van der Waals surface area contributed by atoms with Crippen LogP contribution in [0.5, 0.6) is 5.75 Å². The first-order chi connectivity index (χ1) is 12.8. The van der Waals surface area contributed by atoms with Crippen LogP contribution in [0.1, 0.15) is 12.5 Å². The molecule has 0 aliphatic carbocycles. The average Bonchev–Trinajstić information content (AvgIpc) is 2.60. The maximum Gasteiger partial charge on any atom is 0.387 e. The SMILES string of the molecule is C[C@H](OC(=O)/C=C/c1ccc(OC(F)F)cc1)C(=O)Nc1cccc(F)c1. The van der Waals surface area contributed by atoms with Crippen LogP contribution in [-0.2, 0) is 14.3 Å². The van der Waals surface area contributed by atoms with Gasteiger partial charge in [0.25, 0.3) is 5.91 Å². The van der Waals surface area contributed by atoms with Gasteiger partial charge in [-0.2, -0.15) is 8.78 Å². The van der Waals surface area contributed by atoms with Gasteiger partial charge in [0.2, 0.25) is 0 Å². The lowest BCUT2D eigenvalue weighted by Gasteiger charge is -2.12. The molecule has 0 saturated heterocycles. The molecule has 2 aromatic rings. The highest BCUT2D eigenvalue weighted by molar-refractivity contribution is 5.96. The first-order valence-corrected chi connectivity index (χ1v) is 7.83. The minimum atomic E-state index is -2.92. The fourth-order valence-corrected chi connectivity index (χ4v) is 2.00. The molecule has 0 heterocycles. The van der Waals surface area contributed by atoms with E-state index in [1.165, 1.54) is 55.5 Å². The second-order valence-corrected chi connectivity index (χ2v) is 5.36. The van der Waals surface area contributed by atoms with Crippen LogP contribution in [0.2, 0.25) is 0 Å². The first kappa shape index (κ1) is 20.0. The second-order valence-electron chi connectivity index (χ2n) is 5.36. The molecule has 8 heteroatoms. The van der Waals surface area contributed by atoms with Crippen molar-refractivity contribution in [1.29, 1.82) is 0 Å². The largest absolute Gasteiger partial charge is 0.449 e. The molecule has 0 unspecified atom stereocenters. The van der Waals surface area contributed by atoms with Crippen molar-refractivity contribution in [3.05, 3.63) is 66.0 Å². The molecule has 142 valence electrons. The molecule has 0 spiro atoms. The van der Waals surface area contributed by atoms with Gasteiger partial charge in [0.05, 0.1) is 0 Å². The average molecular weight is 379 g/mol. The van der Waals surface area contributed by atoms with Gasteiger partial charge in [-0.1, -0.05) is 18.2 Å². The van der Waals surface area contributed by atoms with Gasteiger partial charge in [0, 0.05) is 11.8 Å². The summed E-state index contributed by atoms with van der Waals surface area (Å²) < 4.78 is 46.4. The maximum absolute atomic E-state index is 13.1. The minimum absolute atomic E-state index is 0.00707. The van der Waals surface area contributed by atoms with Crippen LogP contribution in [0.4, 0.5) is 18.9 Å². The number of nitrogens with one attached hydrogen (secondary N) is 1. The van der Waals surface area contributed by atoms with Gasteiger partial charge in [-0.3, -0.25) is 4.79 Å². The summed E-state index contributed by atoms with van der Waals surface area (Å²) in [6.45, 7) is -1.54. The summed E-state index contributed by atoms with van der Waals surface area (Å²) in [7, 11) is 0. The quantitative estimate of drug-likeness (QED) is 0.583. The van der Waals surface area contributed by atoms with Crippen LogP contribution in [0.15, 0.2) is 54.6 Å². The van der Waals surface area contributed by atoms with Gasteiger partial charge in [-0.15, -0.1) is 0 Å². The van der Waals surface area contributed by atoms with Gasteiger partial charge < -0.3 is 14.8 Å². The van der Waals surface area contributed by atoms with E-state index in [-0.39, 0.29) is 11.4 Å². The van der Waals surface area contributed by atoms with E-state index in [2.05, 4.69) is 10.1 Å². The summed E-state index contributed by atoms with van der Waals surface area (Å²) in [6.07, 6.45) is 1.38. The number of esters is 1. The molecular formula is C19H16F3NO4. The maximum atomic E-state index is 13.1. The smallest absolute Gasteiger partial charge is 0.387 e. The van der Waals surface area contributed by atoms with Crippen LogP contribution in [0.3, 0.4) is 0 Å². The Morgan fingerprint density at radius 1 is 1.11 bits per heavy atom. The van der Waals surface area contributed by atoms with E-state index >= 15 is 0 Å². The third-order valence-electron chi connectivity index (χ3n) is 3.27. The van der Waals surface area contributed by atoms with Crippen molar-refractivity contribution >= 4 is 23.6 Å². The molecule has 2 aromatic carbocycles. The first-order valence-electron chi connectivity index (χ1n) is 7.83. The van der Waals surface area contributed by atoms with E-state index in [1.54, 1.807) is 0 Å². The fraction of sp³-hybridized carbons (Fsp3) is 0.158. The topological polar surface area (TPSA) is 64.6 Å². The van der Waals surface area contributed by atoms with E-state index in [0.717, 1.165) is 12.1 Å². The predicted molar refractivity (Wildman–Crippen MR) is 92.7 cm³/mol. The van der Waals surface area contributed by atoms with Crippen LogP contribution in [0.25, 0.3) is 6.08 Å². The molecule has 2 rings (SSSR count). The van der Waals surface area contributed by atoms with Crippen LogP contribution in [-0.4, -0.2) is 24.6 Å². The zero-order valence-corrected chi connectivity index (χ0v) is 14.2. The molecule has 0 fully saturated rings. The number of anilines is 1. The Kier molecular flexibility index (Phi) is 6.99. The van der Waals surface area contributed by atoms with E-state index < -0.39 is 30.4 Å². The minimum Gasteiger partial charge on any atom is -0.449 e. The van der Waals surface area contributed by atoms with Crippen molar-refractivity contribution in [2.75, 3.05) is 5.32 Å². The standard InChI is InChI=1S/C19H16F3NO4/c1-12(18(25)23-15-4-2-3-14(20)11-15)26-17(24)10-7-13-5-8-16(9-6-13)27-19(21)22/h2-12,19H,1H3,(H,23,25)/b10-7+/t12-/m0/s1. The number of carbonyl (C=O) groups is 2. The summed E-state index contributed by atoms with van der Waals surface area (Å²) >= 11 is 0. The second kappa shape index (κ2) is 9.42. The lowest BCUT2D eigenvalue weighted by molar-refractivity contribution is -0.148. The number of carbonyl (C=O) groups excluding carboxylic acids is 2. The van der Waals surface area contributed by atoms with Gasteiger partial charge in [0.15, 0.2) is 6.10 Å². The van der Waals surface area contributed by atoms with E-state index in [4.69, 9.17) is 4.74 Å².